The molecule has 2 aliphatic rings. The summed E-state index contributed by atoms with van der Waals surface area (Å²) in [5.74, 6) is 0.159. The topological polar surface area (TPSA) is 77.5 Å². The van der Waals surface area contributed by atoms with Crippen molar-refractivity contribution in [3.05, 3.63) is 90.3 Å². The summed E-state index contributed by atoms with van der Waals surface area (Å²) in [6.07, 6.45) is 12.1. The Kier molecular flexibility index (Phi) is 8.16. The number of allylic oxidation sites excluding steroid dienone is 1. The van der Waals surface area contributed by atoms with Gasteiger partial charge in [-0.1, -0.05) is 30.3 Å². The third-order valence-corrected chi connectivity index (χ3v) is 7.45. The molecule has 0 radical (unpaired) electrons. The first kappa shape index (κ1) is 25.0. The van der Waals surface area contributed by atoms with Gasteiger partial charge in [0.1, 0.15) is 6.04 Å². The van der Waals surface area contributed by atoms with E-state index in [0.29, 0.717) is 6.42 Å². The van der Waals surface area contributed by atoms with Crippen molar-refractivity contribution >= 4 is 28.5 Å². The smallest absolute Gasteiger partial charge is 0.245 e. The van der Waals surface area contributed by atoms with Gasteiger partial charge in [0.15, 0.2) is 0 Å². The van der Waals surface area contributed by atoms with Gasteiger partial charge < -0.3 is 20.6 Å². The molecule has 3 aromatic rings. The van der Waals surface area contributed by atoms with Crippen LogP contribution in [-0.4, -0.2) is 46.1 Å². The van der Waals surface area contributed by atoms with E-state index < -0.39 is 0 Å². The summed E-state index contributed by atoms with van der Waals surface area (Å²) in [6, 6.07) is 20.3. The zero-order valence-electron chi connectivity index (χ0n) is 21.3. The normalized spacial score (nSPS) is 17.6. The molecule has 0 bridgehead atoms. The number of rotatable bonds is 10. The molecule has 2 aromatic carbocycles. The van der Waals surface area contributed by atoms with Crippen molar-refractivity contribution in [3.8, 4) is 0 Å². The number of likely N-dealkylation sites (tertiary alicyclic amines) is 1. The Labute approximate surface area is 219 Å². The number of benzene rings is 2. The van der Waals surface area contributed by atoms with Gasteiger partial charge in [0.2, 0.25) is 5.91 Å². The minimum Gasteiger partial charge on any atom is -0.396 e. The number of hydrogen-bond acceptors (Lipinski definition) is 5. The molecule has 6 nitrogen and oxygen atoms in total. The molecule has 1 aliphatic heterocycles. The highest BCUT2D eigenvalue weighted by Gasteiger charge is 2.32. The highest BCUT2D eigenvalue weighted by molar-refractivity contribution is 5.88. The lowest BCUT2D eigenvalue weighted by Gasteiger charge is -2.38. The minimum atomic E-state index is -0.355. The van der Waals surface area contributed by atoms with Crippen LogP contribution >= 0.6 is 0 Å². The molecule has 192 valence electrons. The predicted octanol–water partition coefficient (Wildman–Crippen LogP) is 5.79. The molecule has 2 unspecified atom stereocenters. The van der Waals surface area contributed by atoms with E-state index in [1.54, 1.807) is 12.4 Å². The number of piperidine rings is 1. The molecule has 1 aromatic heterocycles. The molecule has 1 aliphatic carbocycles. The molecule has 6 heteroatoms. The molecule has 1 fully saturated rings. The van der Waals surface area contributed by atoms with Crippen LogP contribution in [0.1, 0.15) is 49.7 Å². The molecule has 1 saturated heterocycles. The van der Waals surface area contributed by atoms with E-state index in [2.05, 4.69) is 50.9 Å². The first-order valence-electron chi connectivity index (χ1n) is 13.4. The van der Waals surface area contributed by atoms with E-state index in [0.717, 1.165) is 62.1 Å². The second kappa shape index (κ2) is 12.1. The monoisotopic (exact) mass is 496 g/mol. The Morgan fingerprint density at radius 1 is 1.00 bits per heavy atom. The second-order valence-corrected chi connectivity index (χ2v) is 9.98. The summed E-state index contributed by atoms with van der Waals surface area (Å²) in [6.45, 7) is 0.960. The Bertz CT molecular complexity index is 1210. The Balaban J connectivity index is 1.35. The van der Waals surface area contributed by atoms with Crippen molar-refractivity contribution in [2.24, 2.45) is 0 Å². The van der Waals surface area contributed by atoms with Gasteiger partial charge in [-0.25, -0.2) is 0 Å². The lowest BCUT2D eigenvalue weighted by atomic mass is 9.94. The average Bonchev–Trinajstić information content (AvgIpc) is 3.35. The van der Waals surface area contributed by atoms with Crippen LogP contribution in [0, 0.1) is 0 Å². The largest absolute Gasteiger partial charge is 0.396 e. The number of aliphatic hydroxyl groups is 1. The summed E-state index contributed by atoms with van der Waals surface area (Å²) in [5, 5.41) is 16.4. The molecule has 1 amide bonds. The van der Waals surface area contributed by atoms with Crippen molar-refractivity contribution in [1.82, 2.24) is 9.88 Å². The zero-order chi connectivity index (χ0) is 25.5. The number of hydrogen-bond donors (Lipinski definition) is 3. The molecule has 3 N–H and O–H groups in total. The average molecular weight is 497 g/mol. The van der Waals surface area contributed by atoms with Crippen LogP contribution in [0.5, 0.6) is 0 Å². The second-order valence-electron chi connectivity index (χ2n) is 9.98. The number of nitrogens with zero attached hydrogens (tertiary/aromatic N) is 2. The van der Waals surface area contributed by atoms with Gasteiger partial charge in [0, 0.05) is 55.1 Å². The minimum absolute atomic E-state index is 0.159. The number of nitrogens with one attached hydrogen (secondary N) is 2. The maximum Gasteiger partial charge on any atom is 0.245 e. The molecule has 37 heavy (non-hydrogen) atoms. The van der Waals surface area contributed by atoms with E-state index in [9.17, 15) is 9.90 Å². The Hall–Kier alpha value is -3.64. The highest BCUT2D eigenvalue weighted by atomic mass is 16.3. The summed E-state index contributed by atoms with van der Waals surface area (Å²) in [7, 11) is 0. The van der Waals surface area contributed by atoms with Crippen LogP contribution < -0.4 is 10.6 Å². The van der Waals surface area contributed by atoms with Crippen molar-refractivity contribution in [2.45, 2.75) is 57.0 Å². The van der Waals surface area contributed by atoms with Gasteiger partial charge in [-0.15, -0.1) is 0 Å². The summed E-state index contributed by atoms with van der Waals surface area (Å²) < 4.78 is 0. The van der Waals surface area contributed by atoms with Crippen molar-refractivity contribution in [2.75, 3.05) is 23.8 Å². The molecule has 5 rings (SSSR count). The van der Waals surface area contributed by atoms with Gasteiger partial charge in [0.05, 0.1) is 0 Å². The molecule has 0 saturated carbocycles. The number of carbonyl (C=O) groups is 1. The van der Waals surface area contributed by atoms with E-state index >= 15 is 0 Å². The van der Waals surface area contributed by atoms with E-state index in [1.165, 1.54) is 16.7 Å². The highest BCUT2D eigenvalue weighted by Crippen LogP contribution is 2.33. The molecule has 2 atom stereocenters. The molecular weight excluding hydrogens is 460 g/mol. The fourth-order valence-corrected chi connectivity index (χ4v) is 5.54. The van der Waals surface area contributed by atoms with Crippen molar-refractivity contribution in [3.63, 3.8) is 0 Å². The Morgan fingerprint density at radius 3 is 2.57 bits per heavy atom. The quantitative estimate of drug-likeness (QED) is 0.331. The van der Waals surface area contributed by atoms with E-state index in [-0.39, 0.29) is 24.6 Å². The molecule has 0 spiro atoms. The number of aliphatic hydroxyl groups excluding tert-OH is 1. The standard InChI is InChI=1S/C31H36N4O2/c36-21-5-8-28-7-3-4-20-35(28)31(37)30(22-24-11-10-23-6-1-2-9-29(23)24)34-26-14-12-25(13-15-26)33-27-16-18-32-19-17-27/h1-2,6,9,11-19,28,30,34,36H,3-5,7-8,10,20-22H2,(H,32,33). The van der Waals surface area contributed by atoms with Gasteiger partial charge >= 0.3 is 0 Å². The van der Waals surface area contributed by atoms with Crippen LogP contribution in [0.15, 0.2) is 79.1 Å². The fraction of sp³-hybridized carbons (Fsp3) is 0.355. The van der Waals surface area contributed by atoms with Crippen LogP contribution in [0.25, 0.3) is 5.57 Å². The molecule has 2 heterocycles. The number of amides is 1. The van der Waals surface area contributed by atoms with Gasteiger partial charge in [-0.05, 0) is 91.6 Å². The maximum absolute atomic E-state index is 14.0. The Morgan fingerprint density at radius 2 is 1.76 bits per heavy atom. The summed E-state index contributed by atoms with van der Waals surface area (Å²) in [5.41, 5.74) is 6.71. The van der Waals surface area contributed by atoms with Gasteiger partial charge in [-0.3, -0.25) is 9.78 Å². The number of aromatic nitrogens is 1. The predicted molar refractivity (Wildman–Crippen MR) is 150 cm³/mol. The lowest BCUT2D eigenvalue weighted by Crippen LogP contribution is -2.50. The fourth-order valence-electron chi connectivity index (χ4n) is 5.54. The van der Waals surface area contributed by atoms with Gasteiger partial charge in [-0.2, -0.15) is 0 Å². The summed E-state index contributed by atoms with van der Waals surface area (Å²) in [4.78, 5) is 20.2. The van der Waals surface area contributed by atoms with E-state index in [1.807, 2.05) is 36.4 Å². The van der Waals surface area contributed by atoms with Crippen LogP contribution in [0.3, 0.4) is 0 Å². The maximum atomic E-state index is 14.0. The van der Waals surface area contributed by atoms with Crippen LogP contribution in [0.4, 0.5) is 17.1 Å². The van der Waals surface area contributed by atoms with Gasteiger partial charge in [0.25, 0.3) is 0 Å². The molecular formula is C31H36N4O2. The van der Waals surface area contributed by atoms with Crippen LogP contribution in [-0.2, 0) is 11.2 Å². The zero-order valence-corrected chi connectivity index (χ0v) is 21.3. The van der Waals surface area contributed by atoms with Crippen LogP contribution in [0.2, 0.25) is 0 Å². The number of carbonyl (C=O) groups excluding carboxylic acids is 1. The number of fused-ring (bicyclic) bond motifs is 1. The first-order chi connectivity index (χ1) is 18.2. The van der Waals surface area contributed by atoms with Crippen molar-refractivity contribution < 1.29 is 9.90 Å². The number of pyridine rings is 1. The SMILES string of the molecule is O=C(C(CC1=CCc2ccccc21)Nc1ccc(Nc2ccncc2)cc1)N1CCCCC1CCCO. The number of anilines is 3. The summed E-state index contributed by atoms with van der Waals surface area (Å²) >= 11 is 0. The third-order valence-electron chi connectivity index (χ3n) is 7.45. The van der Waals surface area contributed by atoms with E-state index in [4.69, 9.17) is 0 Å². The van der Waals surface area contributed by atoms with Crippen molar-refractivity contribution in [1.29, 1.82) is 0 Å². The third kappa shape index (κ3) is 6.20. The lowest BCUT2D eigenvalue weighted by molar-refractivity contribution is -0.135. The first-order valence-corrected chi connectivity index (χ1v) is 13.4.